The van der Waals surface area contributed by atoms with Crippen molar-refractivity contribution in [2.75, 3.05) is 0 Å². The summed E-state index contributed by atoms with van der Waals surface area (Å²) in [5.41, 5.74) is 0. The maximum atomic E-state index is 3.71. The average molecular weight is 248 g/mol. The van der Waals surface area contributed by atoms with Crippen molar-refractivity contribution in [2.24, 2.45) is 0 Å². The summed E-state index contributed by atoms with van der Waals surface area (Å²) in [5, 5.41) is 0. The third-order valence-electron chi connectivity index (χ3n) is 2.76. The van der Waals surface area contributed by atoms with Gasteiger partial charge in [-0.15, -0.1) is 0 Å². The highest BCUT2D eigenvalue weighted by Crippen LogP contribution is 2.27. The predicted octanol–water partition coefficient (Wildman–Crippen LogP) is 4.23. The first kappa shape index (κ1) is 10.8. The molecule has 1 rings (SSSR count). The number of halogens is 1. The van der Waals surface area contributed by atoms with Crippen molar-refractivity contribution in [1.82, 2.24) is 0 Å². The molecule has 0 bridgehead atoms. The monoisotopic (exact) mass is 247 g/mol. The van der Waals surface area contributed by atoms with E-state index in [4.69, 9.17) is 0 Å². The minimum atomic E-state index is 0.117. The summed E-state index contributed by atoms with van der Waals surface area (Å²) in [6, 6.07) is 4.74. The summed E-state index contributed by atoms with van der Waals surface area (Å²) in [4.78, 5) is 0.859. The molecular weight excluding hydrogens is 228 g/mol. The van der Waals surface area contributed by atoms with Crippen molar-refractivity contribution in [1.29, 1.82) is 0 Å². The van der Waals surface area contributed by atoms with Gasteiger partial charge in [-0.1, -0.05) is 60.2 Å². The molecule has 0 nitrogen and oxygen atoms in total. The van der Waals surface area contributed by atoms with Crippen LogP contribution >= 0.6 is 15.9 Å². The van der Waals surface area contributed by atoms with Crippen LogP contribution in [0.4, 0.5) is 0 Å². The van der Waals surface area contributed by atoms with Crippen LogP contribution < -0.4 is 0 Å². The minimum absolute atomic E-state index is 0.117. The van der Waals surface area contributed by atoms with E-state index in [1.807, 2.05) is 0 Å². The first-order valence-electron chi connectivity index (χ1n) is 5.30. The zero-order chi connectivity index (χ0) is 8.81. The normalized spacial score (nSPS) is 21.5. The van der Waals surface area contributed by atoms with Crippen LogP contribution in [-0.2, 0) is 0 Å². The highest BCUT2D eigenvalue weighted by Gasteiger charge is 2.19. The summed E-state index contributed by atoms with van der Waals surface area (Å²) in [5.74, 6) is 0. The van der Waals surface area contributed by atoms with E-state index in [-0.39, 0.29) is 8.80 Å². The van der Waals surface area contributed by atoms with Gasteiger partial charge in [-0.05, 0) is 12.8 Å². The van der Waals surface area contributed by atoms with Crippen molar-refractivity contribution < 1.29 is 0 Å². The first-order chi connectivity index (χ1) is 5.83. The highest BCUT2D eigenvalue weighted by atomic mass is 79.9. The van der Waals surface area contributed by atoms with Gasteiger partial charge >= 0.3 is 0 Å². The van der Waals surface area contributed by atoms with Crippen LogP contribution in [0.2, 0.25) is 18.1 Å². The van der Waals surface area contributed by atoms with E-state index in [0.717, 1.165) is 4.83 Å². The Labute approximate surface area is 86.9 Å². The molecule has 1 fully saturated rings. The number of hydrogen-bond donors (Lipinski definition) is 0. The van der Waals surface area contributed by atoms with Gasteiger partial charge < -0.3 is 0 Å². The van der Waals surface area contributed by atoms with Gasteiger partial charge in [0.05, 0.1) is 0 Å². The molecule has 12 heavy (non-hydrogen) atoms. The van der Waals surface area contributed by atoms with Gasteiger partial charge in [0.1, 0.15) is 0 Å². The molecule has 0 aliphatic carbocycles. The third-order valence-corrected chi connectivity index (χ3v) is 6.72. The number of hydrogen-bond acceptors (Lipinski definition) is 0. The van der Waals surface area contributed by atoms with Crippen molar-refractivity contribution >= 4 is 24.7 Å². The van der Waals surface area contributed by atoms with E-state index in [1.165, 1.54) is 32.1 Å². The molecule has 0 spiro atoms. The van der Waals surface area contributed by atoms with E-state index in [9.17, 15) is 0 Å². The Morgan fingerprint density at radius 3 is 2.50 bits per heavy atom. The van der Waals surface area contributed by atoms with Gasteiger partial charge in [0, 0.05) is 13.6 Å². The Bertz CT molecular complexity index is 108. The van der Waals surface area contributed by atoms with Crippen LogP contribution in [0.3, 0.4) is 0 Å². The smallest absolute Gasteiger partial charge is 0.0479 e. The number of unbranched alkanes of at least 4 members (excludes halogenated alkanes) is 2. The second-order valence-electron chi connectivity index (χ2n) is 3.88. The molecule has 0 amide bonds. The van der Waals surface area contributed by atoms with Gasteiger partial charge in [0.2, 0.25) is 0 Å². The molecule has 0 aromatic carbocycles. The minimum Gasteiger partial charge on any atom is -0.0891 e. The maximum Gasteiger partial charge on any atom is 0.0479 e. The van der Waals surface area contributed by atoms with Crippen LogP contribution in [0.1, 0.15) is 39.0 Å². The summed E-state index contributed by atoms with van der Waals surface area (Å²) >= 11 is 3.71. The summed E-state index contributed by atoms with van der Waals surface area (Å²) in [6.45, 7) is 2.30. The lowest BCUT2D eigenvalue weighted by Gasteiger charge is -2.23. The molecule has 1 aliphatic rings. The lowest BCUT2D eigenvalue weighted by atomic mass is 10.3. The van der Waals surface area contributed by atoms with Gasteiger partial charge in [0.15, 0.2) is 0 Å². The fourth-order valence-electron chi connectivity index (χ4n) is 1.87. The van der Waals surface area contributed by atoms with E-state index >= 15 is 0 Å². The molecule has 0 aromatic heterocycles. The molecule has 1 heterocycles. The van der Waals surface area contributed by atoms with E-state index in [1.54, 1.807) is 18.1 Å². The first-order valence-corrected chi connectivity index (χ1v) is 8.34. The van der Waals surface area contributed by atoms with Gasteiger partial charge in [-0.25, -0.2) is 0 Å². The number of alkyl halides is 1. The molecule has 0 N–H and O–H groups in total. The van der Waals surface area contributed by atoms with Crippen LogP contribution in [-0.4, -0.2) is 13.6 Å². The van der Waals surface area contributed by atoms with E-state index in [2.05, 4.69) is 22.9 Å². The van der Waals surface area contributed by atoms with Crippen molar-refractivity contribution in [3.63, 3.8) is 0 Å². The van der Waals surface area contributed by atoms with Crippen LogP contribution in [0.5, 0.6) is 0 Å². The lowest BCUT2D eigenvalue weighted by molar-refractivity contribution is 0.723. The molecule has 2 heteroatoms. The SMILES string of the molecule is CCCCC[Si]1CCC(Br)CC1. The van der Waals surface area contributed by atoms with Crippen LogP contribution in [0, 0.1) is 0 Å². The summed E-state index contributed by atoms with van der Waals surface area (Å²) < 4.78 is 0. The molecule has 0 atom stereocenters. The number of rotatable bonds is 4. The molecule has 1 saturated heterocycles. The van der Waals surface area contributed by atoms with E-state index in [0.29, 0.717) is 0 Å². The Kier molecular flexibility index (Phi) is 5.56. The molecular formula is C10H20BrSi. The van der Waals surface area contributed by atoms with Gasteiger partial charge in [-0.2, -0.15) is 0 Å². The third kappa shape index (κ3) is 4.08. The molecule has 0 aromatic rings. The van der Waals surface area contributed by atoms with Crippen molar-refractivity contribution in [3.8, 4) is 0 Å². The van der Waals surface area contributed by atoms with E-state index < -0.39 is 0 Å². The highest BCUT2D eigenvalue weighted by molar-refractivity contribution is 9.09. The Morgan fingerprint density at radius 1 is 1.25 bits per heavy atom. The standard InChI is InChI=1S/C10H20BrSi/c1-2-3-4-7-12-8-5-10(11)6-9-12/h10H,2-9H2,1H3. The van der Waals surface area contributed by atoms with Gasteiger partial charge in [-0.3, -0.25) is 0 Å². The topological polar surface area (TPSA) is 0 Å². The zero-order valence-electron chi connectivity index (χ0n) is 8.11. The molecule has 0 unspecified atom stereocenters. The Balaban J connectivity index is 2.01. The lowest BCUT2D eigenvalue weighted by Crippen LogP contribution is -2.20. The Morgan fingerprint density at radius 2 is 1.92 bits per heavy atom. The maximum absolute atomic E-state index is 3.71. The quantitative estimate of drug-likeness (QED) is 0.397. The molecule has 71 valence electrons. The van der Waals surface area contributed by atoms with Crippen molar-refractivity contribution in [3.05, 3.63) is 0 Å². The second kappa shape index (κ2) is 6.20. The fraction of sp³-hybridized carbons (Fsp3) is 1.00. The van der Waals surface area contributed by atoms with Crippen LogP contribution in [0.15, 0.2) is 0 Å². The average Bonchev–Trinajstić information content (AvgIpc) is 2.09. The molecule has 1 radical (unpaired) electrons. The predicted molar refractivity (Wildman–Crippen MR) is 61.6 cm³/mol. The second-order valence-corrected chi connectivity index (χ2v) is 8.18. The van der Waals surface area contributed by atoms with Gasteiger partial charge in [0.25, 0.3) is 0 Å². The Hall–Kier alpha value is 0.697. The molecule has 0 saturated carbocycles. The zero-order valence-corrected chi connectivity index (χ0v) is 10.7. The largest absolute Gasteiger partial charge is 0.0891 e. The summed E-state index contributed by atoms with van der Waals surface area (Å²) in [7, 11) is 0.117. The van der Waals surface area contributed by atoms with Crippen LogP contribution in [0.25, 0.3) is 0 Å². The summed E-state index contributed by atoms with van der Waals surface area (Å²) in [6.07, 6.45) is 7.28. The van der Waals surface area contributed by atoms with Crippen molar-refractivity contribution in [2.45, 2.75) is 62.0 Å². The fourth-order valence-corrected chi connectivity index (χ4v) is 6.18. The molecule has 1 aliphatic heterocycles.